The number of benzene rings is 1. The number of halogens is 2. The number of nitrogens with one attached hydrogen (secondary N) is 1. The summed E-state index contributed by atoms with van der Waals surface area (Å²) < 4.78 is 19.6. The number of nitrogens with zero attached hydrogens (tertiary/aromatic N) is 3. The molecule has 108 valence electrons. The van der Waals surface area contributed by atoms with Crippen LogP contribution in [0.5, 0.6) is 11.6 Å². The van der Waals surface area contributed by atoms with Gasteiger partial charge in [0.2, 0.25) is 5.88 Å². The second kappa shape index (κ2) is 6.99. The number of aromatic nitrogens is 2. The lowest BCUT2D eigenvalue weighted by Gasteiger charge is -2.11. The van der Waals surface area contributed by atoms with Gasteiger partial charge in [-0.15, -0.1) is 0 Å². The minimum atomic E-state index is -0.635. The number of hydrogen-bond acceptors (Lipinski definition) is 5. The maximum Gasteiger partial charge on any atom is 0.238 e. The van der Waals surface area contributed by atoms with Crippen LogP contribution in [0.15, 0.2) is 29.0 Å². The quantitative estimate of drug-likeness (QED) is 0.886. The summed E-state index contributed by atoms with van der Waals surface area (Å²) in [5.74, 6) is 0.269. The second-order valence-electron chi connectivity index (χ2n) is 4.10. The van der Waals surface area contributed by atoms with Gasteiger partial charge in [0.1, 0.15) is 39.8 Å². The molecule has 1 N–H and O–H groups in total. The normalized spacial score (nSPS) is 10.0. The van der Waals surface area contributed by atoms with E-state index < -0.39 is 5.82 Å². The van der Waals surface area contributed by atoms with Crippen LogP contribution in [0.1, 0.15) is 18.9 Å². The van der Waals surface area contributed by atoms with Gasteiger partial charge in [0, 0.05) is 6.54 Å². The summed E-state index contributed by atoms with van der Waals surface area (Å²) in [4.78, 5) is 8.09. The fourth-order valence-corrected chi connectivity index (χ4v) is 2.02. The van der Waals surface area contributed by atoms with Crippen LogP contribution in [0, 0.1) is 17.1 Å². The van der Waals surface area contributed by atoms with Crippen LogP contribution in [0.2, 0.25) is 0 Å². The Morgan fingerprint density at radius 3 is 2.95 bits per heavy atom. The largest absolute Gasteiger partial charge is 0.436 e. The van der Waals surface area contributed by atoms with E-state index in [9.17, 15) is 4.39 Å². The Morgan fingerprint density at radius 1 is 1.43 bits per heavy atom. The Morgan fingerprint density at radius 2 is 2.24 bits per heavy atom. The molecule has 0 bridgehead atoms. The van der Waals surface area contributed by atoms with Crippen molar-refractivity contribution in [1.82, 2.24) is 9.97 Å². The molecule has 0 saturated carbocycles. The Labute approximate surface area is 129 Å². The van der Waals surface area contributed by atoms with E-state index in [1.54, 1.807) is 6.07 Å². The van der Waals surface area contributed by atoms with Crippen LogP contribution >= 0.6 is 15.9 Å². The van der Waals surface area contributed by atoms with Crippen molar-refractivity contribution in [3.05, 3.63) is 40.4 Å². The molecule has 0 aliphatic carbocycles. The van der Waals surface area contributed by atoms with E-state index in [1.165, 1.54) is 24.5 Å². The van der Waals surface area contributed by atoms with Crippen molar-refractivity contribution < 1.29 is 9.13 Å². The smallest absolute Gasteiger partial charge is 0.238 e. The van der Waals surface area contributed by atoms with Gasteiger partial charge in [0.15, 0.2) is 0 Å². The van der Waals surface area contributed by atoms with E-state index in [-0.39, 0.29) is 17.2 Å². The van der Waals surface area contributed by atoms with Gasteiger partial charge in [-0.2, -0.15) is 5.26 Å². The van der Waals surface area contributed by atoms with Crippen molar-refractivity contribution in [3.8, 4) is 17.7 Å². The minimum absolute atomic E-state index is 0.110. The maximum atomic E-state index is 13.5. The van der Waals surface area contributed by atoms with Crippen molar-refractivity contribution in [3.63, 3.8) is 0 Å². The molecule has 1 heterocycles. The monoisotopic (exact) mass is 350 g/mol. The predicted molar refractivity (Wildman–Crippen MR) is 79.7 cm³/mol. The van der Waals surface area contributed by atoms with Crippen LogP contribution in [0.25, 0.3) is 0 Å². The molecule has 0 aliphatic heterocycles. The molecule has 0 spiro atoms. The maximum absolute atomic E-state index is 13.5. The van der Waals surface area contributed by atoms with Gasteiger partial charge in [0.05, 0.1) is 0 Å². The zero-order chi connectivity index (χ0) is 15.2. The molecule has 1 aromatic carbocycles. The first-order chi connectivity index (χ1) is 10.2. The fraction of sp³-hybridized carbons (Fsp3) is 0.214. The summed E-state index contributed by atoms with van der Waals surface area (Å²) in [7, 11) is 0. The number of ether oxygens (including phenoxy) is 1. The van der Waals surface area contributed by atoms with Gasteiger partial charge >= 0.3 is 0 Å². The Balaban J connectivity index is 2.33. The fourth-order valence-electron chi connectivity index (χ4n) is 1.59. The summed E-state index contributed by atoms with van der Waals surface area (Å²) in [6, 6.07) is 5.96. The summed E-state index contributed by atoms with van der Waals surface area (Å²) in [6.07, 6.45) is 2.28. The Hall–Kier alpha value is -2.20. The summed E-state index contributed by atoms with van der Waals surface area (Å²) in [6.45, 7) is 2.78. The van der Waals surface area contributed by atoms with E-state index in [0.29, 0.717) is 10.3 Å². The highest BCUT2D eigenvalue weighted by Gasteiger charge is 2.14. The molecular weight excluding hydrogens is 339 g/mol. The molecule has 0 radical (unpaired) electrons. The second-order valence-corrected chi connectivity index (χ2v) is 4.89. The molecule has 5 nitrogen and oxygen atoms in total. The van der Waals surface area contributed by atoms with Crippen molar-refractivity contribution in [2.24, 2.45) is 0 Å². The first kappa shape index (κ1) is 15.2. The van der Waals surface area contributed by atoms with E-state index in [1.807, 2.05) is 6.92 Å². The summed E-state index contributed by atoms with van der Waals surface area (Å²) >= 11 is 3.34. The third-order valence-corrected chi connectivity index (χ3v) is 3.31. The molecule has 7 heteroatoms. The van der Waals surface area contributed by atoms with Crippen LogP contribution in [0.4, 0.5) is 10.2 Å². The standard InChI is InChI=1S/C14H12BrFN4O/c1-2-6-18-13-12(15)14(20-8-19-13)21-11-5-3-4-10(16)9(11)7-17/h3-5,8H,2,6H2,1H3,(H,18,19,20). The zero-order valence-corrected chi connectivity index (χ0v) is 12.8. The van der Waals surface area contributed by atoms with Crippen LogP contribution in [-0.4, -0.2) is 16.5 Å². The number of nitriles is 1. The molecule has 1 aromatic heterocycles. The zero-order valence-electron chi connectivity index (χ0n) is 11.2. The highest BCUT2D eigenvalue weighted by Crippen LogP contribution is 2.33. The topological polar surface area (TPSA) is 70.8 Å². The molecule has 2 aromatic rings. The van der Waals surface area contributed by atoms with Gasteiger partial charge in [-0.05, 0) is 34.5 Å². The molecule has 0 fully saturated rings. The lowest BCUT2D eigenvalue weighted by Crippen LogP contribution is -2.04. The third-order valence-electron chi connectivity index (χ3n) is 2.59. The number of anilines is 1. The van der Waals surface area contributed by atoms with Crippen molar-refractivity contribution in [2.75, 3.05) is 11.9 Å². The molecule has 0 unspecified atom stereocenters. The molecule has 0 amide bonds. The first-order valence-electron chi connectivity index (χ1n) is 6.28. The van der Waals surface area contributed by atoms with E-state index in [4.69, 9.17) is 10.00 Å². The molecule has 0 saturated heterocycles. The third kappa shape index (κ3) is 3.47. The number of hydrogen-bond donors (Lipinski definition) is 1. The highest BCUT2D eigenvalue weighted by molar-refractivity contribution is 9.10. The first-order valence-corrected chi connectivity index (χ1v) is 7.07. The Kier molecular flexibility index (Phi) is 5.06. The summed E-state index contributed by atoms with van der Waals surface area (Å²) in [5.41, 5.74) is -0.161. The molecule has 0 aliphatic rings. The van der Waals surface area contributed by atoms with Gasteiger partial charge in [-0.3, -0.25) is 0 Å². The van der Waals surface area contributed by atoms with Crippen molar-refractivity contribution in [2.45, 2.75) is 13.3 Å². The SMILES string of the molecule is CCCNc1ncnc(Oc2cccc(F)c2C#N)c1Br. The van der Waals surface area contributed by atoms with Gasteiger partial charge in [0.25, 0.3) is 0 Å². The van der Waals surface area contributed by atoms with Gasteiger partial charge in [-0.1, -0.05) is 13.0 Å². The van der Waals surface area contributed by atoms with Crippen LogP contribution in [0.3, 0.4) is 0 Å². The van der Waals surface area contributed by atoms with E-state index in [0.717, 1.165) is 13.0 Å². The number of rotatable bonds is 5. The average Bonchev–Trinajstić information content (AvgIpc) is 2.48. The van der Waals surface area contributed by atoms with Crippen molar-refractivity contribution in [1.29, 1.82) is 5.26 Å². The molecular formula is C14H12BrFN4O. The van der Waals surface area contributed by atoms with E-state index in [2.05, 4.69) is 31.2 Å². The summed E-state index contributed by atoms with van der Waals surface area (Å²) in [5, 5.41) is 12.1. The lowest BCUT2D eigenvalue weighted by atomic mass is 10.2. The van der Waals surface area contributed by atoms with Crippen LogP contribution in [-0.2, 0) is 0 Å². The Bertz CT molecular complexity index is 687. The predicted octanol–water partition coefficient (Wildman–Crippen LogP) is 3.86. The highest BCUT2D eigenvalue weighted by atomic mass is 79.9. The molecule has 21 heavy (non-hydrogen) atoms. The molecule has 2 rings (SSSR count). The lowest BCUT2D eigenvalue weighted by molar-refractivity contribution is 0.452. The molecule has 0 atom stereocenters. The minimum Gasteiger partial charge on any atom is -0.436 e. The van der Waals surface area contributed by atoms with Crippen LogP contribution < -0.4 is 10.1 Å². The average molecular weight is 351 g/mol. The van der Waals surface area contributed by atoms with Crippen molar-refractivity contribution >= 4 is 21.7 Å². The van der Waals surface area contributed by atoms with Gasteiger partial charge in [-0.25, -0.2) is 14.4 Å². The van der Waals surface area contributed by atoms with E-state index >= 15 is 0 Å². The van der Waals surface area contributed by atoms with Gasteiger partial charge < -0.3 is 10.1 Å².